The van der Waals surface area contributed by atoms with Gasteiger partial charge in [0.15, 0.2) is 11.6 Å². The Kier molecular flexibility index (Phi) is 11.0. The van der Waals surface area contributed by atoms with Gasteiger partial charge in [-0.25, -0.2) is 9.97 Å². The van der Waals surface area contributed by atoms with Crippen LogP contribution in [-0.2, 0) is 11.2 Å². The smallest absolute Gasteiger partial charge is 0.307 e. The summed E-state index contributed by atoms with van der Waals surface area (Å²) in [4.78, 5) is 33.6. The summed E-state index contributed by atoms with van der Waals surface area (Å²) in [5.74, 6) is -0.615. The van der Waals surface area contributed by atoms with Crippen molar-refractivity contribution in [1.82, 2.24) is 9.97 Å². The molecule has 0 aliphatic heterocycles. The number of halogens is 1. The summed E-state index contributed by atoms with van der Waals surface area (Å²) >= 11 is 5.89. The van der Waals surface area contributed by atoms with Crippen LogP contribution < -0.4 is 4.74 Å². The fourth-order valence-corrected chi connectivity index (χ4v) is 4.69. The molecule has 1 N–H and O–H groups in total. The second-order valence-electron chi connectivity index (χ2n) is 10.2. The van der Waals surface area contributed by atoms with Crippen LogP contribution in [0, 0.1) is 5.92 Å². The first-order valence-electron chi connectivity index (χ1n) is 14.1. The van der Waals surface area contributed by atoms with Crippen LogP contribution >= 0.6 is 11.6 Å². The van der Waals surface area contributed by atoms with Crippen LogP contribution in [-0.4, -0.2) is 33.4 Å². The van der Waals surface area contributed by atoms with Crippen LogP contribution in [0.25, 0.3) is 22.5 Å². The first-order chi connectivity index (χ1) is 19.9. The molecule has 0 radical (unpaired) electrons. The van der Waals surface area contributed by atoms with E-state index in [1.165, 1.54) is 25.7 Å². The van der Waals surface area contributed by atoms with Gasteiger partial charge in [0, 0.05) is 40.5 Å². The zero-order valence-corrected chi connectivity index (χ0v) is 24.0. The van der Waals surface area contributed by atoms with E-state index in [0.717, 1.165) is 41.0 Å². The van der Waals surface area contributed by atoms with Crippen molar-refractivity contribution in [2.75, 3.05) is 6.61 Å². The number of carbonyl (C=O) groups excluding carboxylic acids is 1. The molecule has 0 aliphatic carbocycles. The number of carbonyl (C=O) groups is 2. The number of unbranched alkanes of at least 4 members (excludes halogenated alkanes) is 4. The number of benzene rings is 3. The highest BCUT2D eigenvalue weighted by Crippen LogP contribution is 2.24. The molecule has 3 aromatic carbocycles. The first kappa shape index (κ1) is 29.9. The number of hydrogen-bond acceptors (Lipinski definition) is 5. The lowest BCUT2D eigenvalue weighted by atomic mass is 9.92. The van der Waals surface area contributed by atoms with Crippen molar-refractivity contribution >= 4 is 23.4 Å². The molecule has 0 aliphatic rings. The third kappa shape index (κ3) is 8.98. The Morgan fingerprint density at radius 2 is 1.44 bits per heavy atom. The Labute approximate surface area is 246 Å². The SMILES string of the molecule is CCCCCCCOc1ccc(-c2cnc(-c3ccc(C[C@H](CC(=O)c4ccc(Cl)cc4)C(=O)O)cc3)nc2)cc1. The number of Topliss-reactive ketones (excluding diaryl/α,β-unsaturated/α-hetero) is 1. The molecule has 41 heavy (non-hydrogen) atoms. The van der Waals surface area contributed by atoms with Crippen molar-refractivity contribution < 1.29 is 19.4 Å². The summed E-state index contributed by atoms with van der Waals surface area (Å²) in [7, 11) is 0. The normalized spacial score (nSPS) is 11.7. The van der Waals surface area contributed by atoms with E-state index in [1.54, 1.807) is 36.7 Å². The van der Waals surface area contributed by atoms with E-state index in [2.05, 4.69) is 16.9 Å². The number of nitrogens with zero attached hydrogens (tertiary/aromatic N) is 2. The number of rotatable bonds is 15. The van der Waals surface area contributed by atoms with Crippen molar-refractivity contribution in [1.29, 1.82) is 0 Å². The number of hydrogen-bond donors (Lipinski definition) is 1. The Hall–Kier alpha value is -4.03. The molecule has 0 fully saturated rings. The van der Waals surface area contributed by atoms with Crippen LogP contribution in [0.2, 0.25) is 5.02 Å². The minimum absolute atomic E-state index is 0.0879. The van der Waals surface area contributed by atoms with Crippen LogP contribution in [0.4, 0.5) is 0 Å². The summed E-state index contributed by atoms with van der Waals surface area (Å²) in [5.41, 5.74) is 4.02. The monoisotopic (exact) mass is 570 g/mol. The van der Waals surface area contributed by atoms with Gasteiger partial charge < -0.3 is 9.84 Å². The van der Waals surface area contributed by atoms with Crippen LogP contribution in [0.3, 0.4) is 0 Å². The maximum absolute atomic E-state index is 12.6. The molecule has 6 nitrogen and oxygen atoms in total. The standard InChI is InChI=1S/C34H35ClN2O4/c1-2-3-4-5-6-19-41-31-17-13-25(14-18-31)29-22-36-33(37-23-29)27-9-7-24(8-10-27)20-28(34(39)40)21-32(38)26-11-15-30(35)16-12-26/h7-18,22-23,28H,2-6,19-21H2,1H3,(H,39,40)/t28-/m1/s1. The predicted octanol–water partition coefficient (Wildman–Crippen LogP) is 8.33. The molecule has 0 spiro atoms. The molecule has 0 saturated heterocycles. The number of ketones is 1. The maximum Gasteiger partial charge on any atom is 0.307 e. The van der Waals surface area contributed by atoms with Gasteiger partial charge in [-0.3, -0.25) is 9.59 Å². The number of carboxylic acids is 1. The van der Waals surface area contributed by atoms with E-state index in [9.17, 15) is 14.7 Å². The van der Waals surface area contributed by atoms with E-state index >= 15 is 0 Å². The van der Waals surface area contributed by atoms with Gasteiger partial charge in [-0.15, -0.1) is 0 Å². The van der Waals surface area contributed by atoms with E-state index < -0.39 is 11.9 Å². The van der Waals surface area contributed by atoms with Crippen molar-refractivity contribution in [3.8, 4) is 28.3 Å². The number of aliphatic carboxylic acids is 1. The van der Waals surface area contributed by atoms with Gasteiger partial charge in [-0.2, -0.15) is 0 Å². The molecule has 0 unspecified atom stereocenters. The summed E-state index contributed by atoms with van der Waals surface area (Å²) in [5, 5.41) is 10.2. The lowest BCUT2D eigenvalue weighted by Gasteiger charge is -2.12. The molecular formula is C34H35ClN2O4. The number of aromatic nitrogens is 2. The Morgan fingerprint density at radius 3 is 2.07 bits per heavy atom. The van der Waals surface area contributed by atoms with Gasteiger partial charge in [-0.1, -0.05) is 80.6 Å². The lowest BCUT2D eigenvalue weighted by molar-refractivity contribution is -0.141. The summed E-state index contributed by atoms with van der Waals surface area (Å²) in [6, 6.07) is 21.9. The molecule has 4 rings (SSSR count). The molecular weight excluding hydrogens is 536 g/mol. The molecule has 1 heterocycles. The molecule has 4 aromatic rings. The minimum Gasteiger partial charge on any atom is -0.494 e. The minimum atomic E-state index is -1.00. The fourth-order valence-electron chi connectivity index (χ4n) is 4.56. The average Bonchev–Trinajstić information content (AvgIpc) is 2.99. The van der Waals surface area contributed by atoms with Crippen molar-refractivity contribution in [2.24, 2.45) is 5.92 Å². The average molecular weight is 571 g/mol. The van der Waals surface area contributed by atoms with Crippen molar-refractivity contribution in [2.45, 2.75) is 51.9 Å². The molecule has 1 atom stereocenters. The molecule has 7 heteroatoms. The van der Waals surface area contributed by atoms with E-state index in [1.807, 2.05) is 48.5 Å². The molecule has 0 bridgehead atoms. The van der Waals surface area contributed by atoms with Gasteiger partial charge in [0.2, 0.25) is 0 Å². The molecule has 0 saturated carbocycles. The lowest BCUT2D eigenvalue weighted by Crippen LogP contribution is -2.20. The topological polar surface area (TPSA) is 89.4 Å². The molecule has 0 amide bonds. The highest BCUT2D eigenvalue weighted by Gasteiger charge is 2.22. The summed E-state index contributed by atoms with van der Waals surface area (Å²) in [6.45, 7) is 2.95. The van der Waals surface area contributed by atoms with Gasteiger partial charge in [0.25, 0.3) is 0 Å². The Bertz CT molecular complexity index is 1400. The second kappa shape index (κ2) is 15.1. The van der Waals surface area contributed by atoms with Gasteiger partial charge in [0.1, 0.15) is 5.75 Å². The summed E-state index contributed by atoms with van der Waals surface area (Å²) < 4.78 is 5.86. The predicted molar refractivity (Wildman–Crippen MR) is 162 cm³/mol. The van der Waals surface area contributed by atoms with Crippen LogP contribution in [0.5, 0.6) is 5.75 Å². The zero-order chi connectivity index (χ0) is 29.0. The fraction of sp³-hybridized carbons (Fsp3) is 0.294. The Morgan fingerprint density at radius 1 is 0.805 bits per heavy atom. The molecule has 212 valence electrons. The van der Waals surface area contributed by atoms with Gasteiger partial charge in [-0.05, 0) is 60.4 Å². The van der Waals surface area contributed by atoms with Gasteiger partial charge in [0.05, 0.1) is 12.5 Å². The summed E-state index contributed by atoms with van der Waals surface area (Å²) in [6.07, 6.45) is 9.80. The third-order valence-electron chi connectivity index (χ3n) is 7.00. The van der Waals surface area contributed by atoms with E-state index in [0.29, 0.717) is 16.4 Å². The number of carboxylic acid groups (broad SMARTS) is 1. The van der Waals surface area contributed by atoms with Crippen molar-refractivity contribution in [3.63, 3.8) is 0 Å². The quantitative estimate of drug-likeness (QED) is 0.114. The molecule has 1 aromatic heterocycles. The highest BCUT2D eigenvalue weighted by atomic mass is 35.5. The second-order valence-corrected chi connectivity index (χ2v) is 10.6. The highest BCUT2D eigenvalue weighted by molar-refractivity contribution is 6.30. The Balaban J connectivity index is 1.32. The van der Waals surface area contributed by atoms with E-state index in [4.69, 9.17) is 16.3 Å². The third-order valence-corrected chi connectivity index (χ3v) is 7.25. The maximum atomic E-state index is 12.6. The van der Waals surface area contributed by atoms with Crippen molar-refractivity contribution in [3.05, 3.63) is 101 Å². The largest absolute Gasteiger partial charge is 0.494 e. The van der Waals surface area contributed by atoms with E-state index in [-0.39, 0.29) is 18.6 Å². The van der Waals surface area contributed by atoms with Crippen LogP contribution in [0.1, 0.15) is 61.4 Å². The number of ether oxygens (including phenoxy) is 1. The van der Waals surface area contributed by atoms with Gasteiger partial charge >= 0.3 is 5.97 Å². The van der Waals surface area contributed by atoms with Crippen LogP contribution in [0.15, 0.2) is 85.2 Å². The zero-order valence-electron chi connectivity index (χ0n) is 23.3. The first-order valence-corrected chi connectivity index (χ1v) is 14.5.